The molecule has 1 heterocycles. The first-order valence-electron chi connectivity index (χ1n) is 13.5. The van der Waals surface area contributed by atoms with Crippen molar-refractivity contribution in [2.24, 2.45) is 0 Å². The summed E-state index contributed by atoms with van der Waals surface area (Å²) in [5.41, 5.74) is 2.81. The number of esters is 1. The molecular weight excluding hydrogens is 464 g/mol. The highest BCUT2D eigenvalue weighted by atomic mass is 16.6. The molecule has 0 aliphatic rings. The van der Waals surface area contributed by atoms with Crippen molar-refractivity contribution in [3.8, 4) is 34.0 Å². The average Bonchev–Trinajstić information content (AvgIpc) is 2.92. The van der Waals surface area contributed by atoms with E-state index in [0.29, 0.717) is 18.2 Å². The van der Waals surface area contributed by atoms with E-state index >= 15 is 0 Å². The van der Waals surface area contributed by atoms with Crippen LogP contribution in [0, 0.1) is 0 Å². The molecule has 1 aromatic heterocycles. The molecule has 0 unspecified atom stereocenters. The maximum atomic E-state index is 12.2. The third kappa shape index (κ3) is 9.29. The van der Waals surface area contributed by atoms with Gasteiger partial charge in [-0.1, -0.05) is 51.7 Å². The van der Waals surface area contributed by atoms with Crippen molar-refractivity contribution < 1.29 is 19.0 Å². The van der Waals surface area contributed by atoms with Gasteiger partial charge >= 0.3 is 5.97 Å². The SMILES string of the molecule is CCCCCC[C@@H](C)Oc1ccc(-c2cnc(-c3ccc(OC(=O)[C@H](C)OCCCC)cc3)nc2)cc1. The van der Waals surface area contributed by atoms with E-state index in [9.17, 15) is 4.79 Å². The normalized spacial score (nSPS) is 12.6. The Hall–Kier alpha value is -3.25. The molecule has 6 nitrogen and oxygen atoms in total. The number of carbonyl (C=O) groups is 1. The van der Waals surface area contributed by atoms with Gasteiger partial charge in [-0.05, 0) is 75.1 Å². The van der Waals surface area contributed by atoms with Crippen LogP contribution in [-0.4, -0.2) is 34.8 Å². The van der Waals surface area contributed by atoms with Crippen LogP contribution in [0.5, 0.6) is 11.5 Å². The summed E-state index contributed by atoms with van der Waals surface area (Å²) in [4.78, 5) is 21.3. The summed E-state index contributed by atoms with van der Waals surface area (Å²) < 4.78 is 17.0. The summed E-state index contributed by atoms with van der Waals surface area (Å²) in [7, 11) is 0. The number of carbonyl (C=O) groups excluding carboxylic acids is 1. The van der Waals surface area contributed by atoms with Crippen LogP contribution in [0.15, 0.2) is 60.9 Å². The van der Waals surface area contributed by atoms with Crippen molar-refractivity contribution in [3.05, 3.63) is 60.9 Å². The number of aromatic nitrogens is 2. The van der Waals surface area contributed by atoms with Crippen molar-refractivity contribution >= 4 is 5.97 Å². The van der Waals surface area contributed by atoms with Crippen molar-refractivity contribution in [2.45, 2.75) is 84.8 Å². The second-order valence-electron chi connectivity index (χ2n) is 9.41. The van der Waals surface area contributed by atoms with Gasteiger partial charge in [0.2, 0.25) is 0 Å². The van der Waals surface area contributed by atoms with Gasteiger partial charge < -0.3 is 14.2 Å². The largest absolute Gasteiger partial charge is 0.491 e. The minimum absolute atomic E-state index is 0.211. The Labute approximate surface area is 221 Å². The maximum absolute atomic E-state index is 12.2. The topological polar surface area (TPSA) is 70.5 Å². The molecule has 0 saturated carbocycles. The quantitative estimate of drug-likeness (QED) is 0.120. The predicted molar refractivity (Wildman–Crippen MR) is 148 cm³/mol. The number of hydrogen-bond acceptors (Lipinski definition) is 6. The fourth-order valence-electron chi connectivity index (χ4n) is 3.85. The standard InChI is InChI=1S/C31H40N2O4/c1-5-7-9-10-11-23(3)36-28-16-12-25(13-17-28)27-21-32-30(33-22-27)26-14-18-29(19-15-26)37-31(34)24(4)35-20-8-6-2/h12-19,21-24H,5-11,20H2,1-4H3/t23-,24+/m1/s1. The Morgan fingerprint density at radius 1 is 0.757 bits per heavy atom. The summed E-state index contributed by atoms with van der Waals surface area (Å²) in [5, 5.41) is 0. The zero-order valence-electron chi connectivity index (χ0n) is 22.6. The first-order chi connectivity index (χ1) is 18.0. The van der Waals surface area contributed by atoms with Gasteiger partial charge in [-0.3, -0.25) is 0 Å². The van der Waals surface area contributed by atoms with Crippen molar-refractivity contribution in [3.63, 3.8) is 0 Å². The first-order valence-corrected chi connectivity index (χ1v) is 13.5. The maximum Gasteiger partial charge on any atom is 0.340 e. The van der Waals surface area contributed by atoms with Gasteiger partial charge in [-0.25, -0.2) is 14.8 Å². The molecule has 6 heteroatoms. The molecule has 0 amide bonds. The Balaban J connectivity index is 1.53. The van der Waals surface area contributed by atoms with E-state index in [0.717, 1.165) is 41.7 Å². The molecule has 198 valence electrons. The third-order valence-electron chi connectivity index (χ3n) is 6.17. The fraction of sp³-hybridized carbons (Fsp3) is 0.452. The predicted octanol–water partition coefficient (Wildman–Crippen LogP) is 7.66. The average molecular weight is 505 g/mol. The van der Waals surface area contributed by atoms with Crippen LogP contribution in [0.1, 0.15) is 72.6 Å². The highest BCUT2D eigenvalue weighted by Gasteiger charge is 2.16. The molecule has 0 aliphatic heterocycles. The van der Waals surface area contributed by atoms with E-state index in [1.165, 1.54) is 25.7 Å². The zero-order chi connectivity index (χ0) is 26.5. The minimum atomic E-state index is -0.596. The van der Waals surface area contributed by atoms with Gasteiger partial charge in [0.05, 0.1) is 6.10 Å². The van der Waals surface area contributed by atoms with E-state index in [1.807, 2.05) is 48.8 Å². The van der Waals surface area contributed by atoms with Crippen molar-refractivity contribution in [1.82, 2.24) is 9.97 Å². The molecule has 2 aromatic carbocycles. The lowest BCUT2D eigenvalue weighted by Gasteiger charge is -2.15. The second-order valence-corrected chi connectivity index (χ2v) is 9.41. The van der Waals surface area contributed by atoms with Crippen LogP contribution >= 0.6 is 0 Å². The number of benzene rings is 2. The van der Waals surface area contributed by atoms with Crippen LogP contribution in [0.25, 0.3) is 22.5 Å². The summed E-state index contributed by atoms with van der Waals surface area (Å²) >= 11 is 0. The lowest BCUT2D eigenvalue weighted by atomic mass is 10.1. The zero-order valence-corrected chi connectivity index (χ0v) is 22.6. The number of nitrogens with zero attached hydrogens (tertiary/aromatic N) is 2. The van der Waals surface area contributed by atoms with Crippen LogP contribution in [0.3, 0.4) is 0 Å². The number of ether oxygens (including phenoxy) is 3. The molecule has 0 saturated heterocycles. The second kappa shape index (κ2) is 15.1. The van der Waals surface area contributed by atoms with Crippen molar-refractivity contribution in [1.29, 1.82) is 0 Å². The number of hydrogen-bond donors (Lipinski definition) is 0. The summed E-state index contributed by atoms with van der Waals surface area (Å²) in [5.74, 6) is 1.55. The Kier molecular flexibility index (Phi) is 11.6. The van der Waals surface area contributed by atoms with Crippen molar-refractivity contribution in [2.75, 3.05) is 6.61 Å². The van der Waals surface area contributed by atoms with Crippen LogP contribution in [-0.2, 0) is 9.53 Å². The number of unbranched alkanes of at least 4 members (excludes halogenated alkanes) is 4. The summed E-state index contributed by atoms with van der Waals surface area (Å²) in [6, 6.07) is 15.2. The Morgan fingerprint density at radius 3 is 2.03 bits per heavy atom. The highest BCUT2D eigenvalue weighted by Crippen LogP contribution is 2.25. The molecule has 37 heavy (non-hydrogen) atoms. The molecule has 3 rings (SSSR count). The van der Waals surface area contributed by atoms with Gasteiger partial charge in [0.25, 0.3) is 0 Å². The Morgan fingerprint density at radius 2 is 1.38 bits per heavy atom. The van der Waals surface area contributed by atoms with E-state index in [-0.39, 0.29) is 6.10 Å². The van der Waals surface area contributed by atoms with Gasteiger partial charge in [-0.2, -0.15) is 0 Å². The van der Waals surface area contributed by atoms with Crippen LogP contribution < -0.4 is 9.47 Å². The Bertz CT molecular complexity index is 1070. The highest BCUT2D eigenvalue weighted by molar-refractivity contribution is 5.77. The third-order valence-corrected chi connectivity index (χ3v) is 6.17. The van der Waals surface area contributed by atoms with Gasteiger partial charge in [0.1, 0.15) is 11.5 Å². The molecule has 0 spiro atoms. The van der Waals surface area contributed by atoms with Gasteiger partial charge in [0.15, 0.2) is 11.9 Å². The first kappa shape index (κ1) is 28.3. The molecule has 0 aliphatic carbocycles. The minimum Gasteiger partial charge on any atom is -0.491 e. The smallest absolute Gasteiger partial charge is 0.340 e. The molecule has 0 fully saturated rings. The summed E-state index contributed by atoms with van der Waals surface area (Å²) in [6.45, 7) is 8.70. The van der Waals surface area contributed by atoms with E-state index in [4.69, 9.17) is 14.2 Å². The van der Waals surface area contributed by atoms with Gasteiger partial charge in [-0.15, -0.1) is 0 Å². The van der Waals surface area contributed by atoms with E-state index < -0.39 is 12.1 Å². The molecule has 3 aromatic rings. The van der Waals surface area contributed by atoms with Crippen LogP contribution in [0.2, 0.25) is 0 Å². The fourth-order valence-corrected chi connectivity index (χ4v) is 3.85. The van der Waals surface area contributed by atoms with Gasteiger partial charge in [0, 0.05) is 30.1 Å². The molecular formula is C31H40N2O4. The molecule has 0 radical (unpaired) electrons. The van der Waals surface area contributed by atoms with E-state index in [1.54, 1.807) is 19.1 Å². The van der Waals surface area contributed by atoms with E-state index in [2.05, 4.69) is 30.7 Å². The monoisotopic (exact) mass is 504 g/mol. The molecule has 0 bridgehead atoms. The lowest BCUT2D eigenvalue weighted by molar-refractivity contribution is -0.146. The lowest BCUT2D eigenvalue weighted by Crippen LogP contribution is -2.26. The van der Waals surface area contributed by atoms with Crippen LogP contribution in [0.4, 0.5) is 0 Å². The number of rotatable bonds is 15. The molecule has 0 N–H and O–H groups in total. The molecule has 2 atom stereocenters. The summed E-state index contributed by atoms with van der Waals surface area (Å²) in [6.07, 6.45) is 11.3.